The molecule has 0 saturated carbocycles. The highest BCUT2D eigenvalue weighted by Gasteiger charge is 2.26. The average molecular weight is 316 g/mol. The summed E-state index contributed by atoms with van der Waals surface area (Å²) >= 11 is 0. The Balaban J connectivity index is 2.14. The van der Waals surface area contributed by atoms with E-state index >= 15 is 0 Å². The van der Waals surface area contributed by atoms with Crippen molar-refractivity contribution in [3.63, 3.8) is 0 Å². The van der Waals surface area contributed by atoms with Crippen LogP contribution in [0.5, 0.6) is 0 Å². The molecule has 0 bridgehead atoms. The van der Waals surface area contributed by atoms with E-state index in [4.69, 9.17) is 4.74 Å². The topological polar surface area (TPSA) is 86.1 Å². The summed E-state index contributed by atoms with van der Waals surface area (Å²) in [6.45, 7) is 5.64. The second-order valence-electron chi connectivity index (χ2n) is 5.60. The van der Waals surface area contributed by atoms with Gasteiger partial charge in [-0.3, -0.25) is 4.79 Å². The van der Waals surface area contributed by atoms with Gasteiger partial charge >= 0.3 is 5.97 Å². The van der Waals surface area contributed by atoms with Gasteiger partial charge in [0.05, 0.1) is 19.0 Å². The number of carbonyl (C=O) groups excluding carboxylic acids is 2. The molecule has 0 aliphatic carbocycles. The number of amides is 1. The van der Waals surface area contributed by atoms with E-state index in [0.29, 0.717) is 0 Å². The van der Waals surface area contributed by atoms with E-state index in [-0.39, 0.29) is 11.6 Å². The van der Waals surface area contributed by atoms with Gasteiger partial charge in [0.15, 0.2) is 5.69 Å². The normalized spacial score (nSPS) is 12.0. The van der Waals surface area contributed by atoms with Crippen molar-refractivity contribution in [3.8, 4) is 5.69 Å². The van der Waals surface area contributed by atoms with E-state index in [1.54, 1.807) is 0 Å². The Bertz CT molecular complexity index is 692. The quantitative estimate of drug-likeness (QED) is 0.845. The molecule has 0 radical (unpaired) electrons. The van der Waals surface area contributed by atoms with Crippen LogP contribution in [0, 0.1) is 12.8 Å². The van der Waals surface area contributed by atoms with Gasteiger partial charge in [-0.15, -0.1) is 5.10 Å². The lowest BCUT2D eigenvalue weighted by atomic mass is 10.0. The van der Waals surface area contributed by atoms with Crippen molar-refractivity contribution >= 4 is 11.9 Å². The SMILES string of the molecule is COC(=O)C(NC(=O)c1cn(-c2ccc(C)cc2)nn1)C(C)C. The molecule has 0 fully saturated rings. The number of rotatable bonds is 5. The summed E-state index contributed by atoms with van der Waals surface area (Å²) in [5.41, 5.74) is 2.07. The van der Waals surface area contributed by atoms with Crippen molar-refractivity contribution in [2.45, 2.75) is 26.8 Å². The number of nitrogens with one attached hydrogen (secondary N) is 1. The van der Waals surface area contributed by atoms with Crippen LogP contribution in [-0.2, 0) is 9.53 Å². The number of esters is 1. The van der Waals surface area contributed by atoms with Gasteiger partial charge in [0.25, 0.3) is 5.91 Å². The maximum absolute atomic E-state index is 12.2. The zero-order valence-corrected chi connectivity index (χ0v) is 13.6. The number of methoxy groups -OCH3 is 1. The number of aromatic nitrogens is 3. The van der Waals surface area contributed by atoms with E-state index < -0.39 is 17.9 Å². The molecular weight excluding hydrogens is 296 g/mol. The highest BCUT2D eigenvalue weighted by molar-refractivity contribution is 5.95. The van der Waals surface area contributed by atoms with Crippen LogP contribution in [-0.4, -0.2) is 40.0 Å². The van der Waals surface area contributed by atoms with Crippen LogP contribution in [0.25, 0.3) is 5.69 Å². The third-order valence-corrected chi connectivity index (χ3v) is 3.43. The van der Waals surface area contributed by atoms with Crippen LogP contribution in [0.1, 0.15) is 29.9 Å². The Labute approximate surface area is 134 Å². The first-order valence-electron chi connectivity index (χ1n) is 7.30. The van der Waals surface area contributed by atoms with Gasteiger partial charge in [0, 0.05) is 0 Å². The number of hydrogen-bond acceptors (Lipinski definition) is 5. The molecule has 1 atom stereocenters. The van der Waals surface area contributed by atoms with Gasteiger partial charge in [0.1, 0.15) is 6.04 Å². The third kappa shape index (κ3) is 3.94. The summed E-state index contributed by atoms with van der Waals surface area (Å²) in [5, 5.41) is 10.4. The van der Waals surface area contributed by atoms with Gasteiger partial charge in [-0.2, -0.15) is 0 Å². The molecule has 2 rings (SSSR count). The molecule has 1 amide bonds. The van der Waals surface area contributed by atoms with Gasteiger partial charge in [-0.1, -0.05) is 36.8 Å². The second kappa shape index (κ2) is 7.04. The summed E-state index contributed by atoms with van der Waals surface area (Å²) in [7, 11) is 1.29. The summed E-state index contributed by atoms with van der Waals surface area (Å²) < 4.78 is 6.21. The van der Waals surface area contributed by atoms with E-state index in [0.717, 1.165) is 11.3 Å². The van der Waals surface area contributed by atoms with E-state index in [1.807, 2.05) is 45.0 Å². The van der Waals surface area contributed by atoms with Crippen LogP contribution in [0.15, 0.2) is 30.5 Å². The van der Waals surface area contributed by atoms with Crippen LogP contribution < -0.4 is 5.32 Å². The zero-order chi connectivity index (χ0) is 17.0. The molecule has 1 unspecified atom stereocenters. The lowest BCUT2D eigenvalue weighted by Gasteiger charge is -2.18. The van der Waals surface area contributed by atoms with Crippen molar-refractivity contribution in [1.29, 1.82) is 0 Å². The molecule has 122 valence electrons. The number of aryl methyl sites for hydroxylation is 1. The van der Waals surface area contributed by atoms with Crippen molar-refractivity contribution in [2.75, 3.05) is 7.11 Å². The molecule has 1 N–H and O–H groups in total. The molecule has 7 heteroatoms. The maximum Gasteiger partial charge on any atom is 0.328 e. The van der Waals surface area contributed by atoms with Crippen LogP contribution in [0.3, 0.4) is 0 Å². The van der Waals surface area contributed by atoms with Crippen molar-refractivity contribution in [1.82, 2.24) is 20.3 Å². The van der Waals surface area contributed by atoms with E-state index in [9.17, 15) is 9.59 Å². The number of ether oxygens (including phenoxy) is 1. The summed E-state index contributed by atoms with van der Waals surface area (Å²) in [6.07, 6.45) is 1.52. The summed E-state index contributed by atoms with van der Waals surface area (Å²) in [4.78, 5) is 23.9. The van der Waals surface area contributed by atoms with Gasteiger partial charge in [0.2, 0.25) is 0 Å². The second-order valence-corrected chi connectivity index (χ2v) is 5.60. The molecule has 7 nitrogen and oxygen atoms in total. The number of hydrogen-bond donors (Lipinski definition) is 1. The fraction of sp³-hybridized carbons (Fsp3) is 0.375. The fourth-order valence-corrected chi connectivity index (χ4v) is 2.03. The Morgan fingerprint density at radius 2 is 1.87 bits per heavy atom. The van der Waals surface area contributed by atoms with E-state index in [1.165, 1.54) is 18.0 Å². The zero-order valence-electron chi connectivity index (χ0n) is 13.6. The number of nitrogens with zero attached hydrogens (tertiary/aromatic N) is 3. The Hall–Kier alpha value is -2.70. The molecule has 1 aromatic carbocycles. The van der Waals surface area contributed by atoms with Crippen molar-refractivity contribution in [3.05, 3.63) is 41.7 Å². The number of carbonyl (C=O) groups is 2. The van der Waals surface area contributed by atoms with Crippen LogP contribution >= 0.6 is 0 Å². The summed E-state index contributed by atoms with van der Waals surface area (Å²) in [6, 6.07) is 6.94. The minimum Gasteiger partial charge on any atom is -0.467 e. The largest absolute Gasteiger partial charge is 0.467 e. The molecule has 1 aromatic heterocycles. The van der Waals surface area contributed by atoms with Gasteiger partial charge in [-0.05, 0) is 25.0 Å². The molecule has 1 heterocycles. The molecule has 0 saturated heterocycles. The summed E-state index contributed by atoms with van der Waals surface area (Å²) in [5.74, 6) is -1.05. The monoisotopic (exact) mass is 316 g/mol. The highest BCUT2D eigenvalue weighted by atomic mass is 16.5. The lowest BCUT2D eigenvalue weighted by Crippen LogP contribution is -2.45. The molecule has 0 aliphatic rings. The van der Waals surface area contributed by atoms with Gasteiger partial charge < -0.3 is 10.1 Å². The molecule has 0 aliphatic heterocycles. The molecule has 23 heavy (non-hydrogen) atoms. The highest BCUT2D eigenvalue weighted by Crippen LogP contribution is 2.09. The average Bonchev–Trinajstić information content (AvgIpc) is 3.02. The first-order valence-corrected chi connectivity index (χ1v) is 7.30. The minimum atomic E-state index is -0.725. The first-order chi connectivity index (χ1) is 10.9. The Kier molecular flexibility index (Phi) is 5.10. The van der Waals surface area contributed by atoms with Crippen LogP contribution in [0.2, 0.25) is 0 Å². The molecular formula is C16H20N4O3. The fourth-order valence-electron chi connectivity index (χ4n) is 2.03. The Morgan fingerprint density at radius 1 is 1.22 bits per heavy atom. The van der Waals surface area contributed by atoms with Crippen LogP contribution in [0.4, 0.5) is 0 Å². The third-order valence-electron chi connectivity index (χ3n) is 3.43. The predicted molar refractivity (Wildman–Crippen MR) is 84.2 cm³/mol. The maximum atomic E-state index is 12.2. The predicted octanol–water partition coefficient (Wildman–Crippen LogP) is 1.50. The standard InChI is InChI=1S/C16H20N4O3/c1-10(2)14(16(22)23-4)17-15(21)13-9-20(19-18-13)12-7-5-11(3)6-8-12/h5-10,14H,1-4H3,(H,17,21). The van der Waals surface area contributed by atoms with Crippen molar-refractivity contribution < 1.29 is 14.3 Å². The lowest BCUT2D eigenvalue weighted by molar-refractivity contribution is -0.144. The van der Waals surface area contributed by atoms with E-state index in [2.05, 4.69) is 15.6 Å². The van der Waals surface area contributed by atoms with Crippen molar-refractivity contribution in [2.24, 2.45) is 5.92 Å². The molecule has 0 spiro atoms. The molecule has 2 aromatic rings. The van der Waals surface area contributed by atoms with Gasteiger partial charge in [-0.25, -0.2) is 9.48 Å². The first kappa shape index (κ1) is 16.7. The number of benzene rings is 1. The smallest absolute Gasteiger partial charge is 0.328 e. The minimum absolute atomic E-state index is 0.0986. The Morgan fingerprint density at radius 3 is 2.43 bits per heavy atom.